The molecule has 42 heavy (non-hydrogen) atoms. The van der Waals surface area contributed by atoms with Crippen molar-refractivity contribution in [3.05, 3.63) is 89.5 Å². The molecule has 9 heteroatoms. The minimum Gasteiger partial charge on any atom is -0.466 e. The molecule has 0 saturated heterocycles. The van der Waals surface area contributed by atoms with Crippen LogP contribution in [0.1, 0.15) is 36.5 Å². The zero-order valence-electron chi connectivity index (χ0n) is 24.3. The number of esters is 1. The van der Waals surface area contributed by atoms with Gasteiger partial charge in [-0.2, -0.15) is 0 Å². The first-order valence-electron chi connectivity index (χ1n) is 14.2. The van der Waals surface area contributed by atoms with Gasteiger partial charge in [0.2, 0.25) is 5.91 Å². The van der Waals surface area contributed by atoms with Crippen LogP contribution < -0.4 is 16.0 Å². The number of carbonyl (C=O) groups is 3. The Morgan fingerprint density at radius 3 is 2.21 bits per heavy atom. The molecule has 2 amide bonds. The molecule has 0 unspecified atom stereocenters. The SMILES string of the molecule is CCN(CC)CCNc1ccc(C=CC(=O)OC)cc1NC(=O)CNC(=O)OCC1c2ccccc2-c2ccccc21. The summed E-state index contributed by atoms with van der Waals surface area (Å²) in [5.41, 5.74) is 6.48. The largest absolute Gasteiger partial charge is 0.466 e. The van der Waals surface area contributed by atoms with E-state index >= 15 is 0 Å². The maximum atomic E-state index is 12.8. The van der Waals surface area contributed by atoms with Crippen LogP contribution in [-0.2, 0) is 19.1 Å². The van der Waals surface area contributed by atoms with E-state index in [0.29, 0.717) is 17.8 Å². The fourth-order valence-electron chi connectivity index (χ4n) is 5.04. The molecular formula is C33H38N4O5. The van der Waals surface area contributed by atoms with E-state index in [1.807, 2.05) is 36.4 Å². The number of alkyl carbamates (subject to hydrolysis) is 1. The summed E-state index contributed by atoms with van der Waals surface area (Å²) in [4.78, 5) is 39.2. The van der Waals surface area contributed by atoms with Crippen LogP contribution in [0.25, 0.3) is 17.2 Å². The molecule has 4 rings (SSSR count). The number of fused-ring (bicyclic) bond motifs is 3. The molecule has 0 heterocycles. The summed E-state index contributed by atoms with van der Waals surface area (Å²) in [5, 5.41) is 8.79. The Bertz CT molecular complexity index is 1390. The van der Waals surface area contributed by atoms with Crippen molar-refractivity contribution in [3.63, 3.8) is 0 Å². The number of nitrogens with zero attached hydrogens (tertiary/aromatic N) is 1. The molecule has 1 aliphatic rings. The van der Waals surface area contributed by atoms with E-state index in [4.69, 9.17) is 4.74 Å². The number of benzene rings is 3. The number of rotatable bonds is 13. The second-order valence-electron chi connectivity index (χ2n) is 9.84. The molecule has 9 nitrogen and oxygen atoms in total. The van der Waals surface area contributed by atoms with Gasteiger partial charge in [0.1, 0.15) is 13.2 Å². The first kappa shape index (κ1) is 30.3. The van der Waals surface area contributed by atoms with E-state index in [-0.39, 0.29) is 19.1 Å². The number of likely N-dealkylation sites (N-methyl/N-ethyl adjacent to an activating group) is 1. The number of hydrogen-bond donors (Lipinski definition) is 3. The van der Waals surface area contributed by atoms with Crippen molar-refractivity contribution in [1.82, 2.24) is 10.2 Å². The first-order chi connectivity index (χ1) is 20.4. The van der Waals surface area contributed by atoms with Crippen LogP contribution in [0.15, 0.2) is 72.8 Å². The predicted molar refractivity (Wildman–Crippen MR) is 165 cm³/mol. The smallest absolute Gasteiger partial charge is 0.407 e. The van der Waals surface area contributed by atoms with E-state index < -0.39 is 18.0 Å². The third-order valence-electron chi connectivity index (χ3n) is 7.31. The Morgan fingerprint density at radius 1 is 0.905 bits per heavy atom. The Labute approximate surface area is 246 Å². The monoisotopic (exact) mass is 570 g/mol. The molecule has 0 saturated carbocycles. The summed E-state index contributed by atoms with van der Waals surface area (Å²) in [6.45, 7) is 7.53. The minimum atomic E-state index is -0.667. The lowest BCUT2D eigenvalue weighted by molar-refractivity contribution is -0.134. The highest BCUT2D eigenvalue weighted by molar-refractivity contribution is 5.97. The van der Waals surface area contributed by atoms with Crippen LogP contribution in [0.2, 0.25) is 0 Å². The van der Waals surface area contributed by atoms with Gasteiger partial charge in [0, 0.05) is 25.1 Å². The lowest BCUT2D eigenvalue weighted by Crippen LogP contribution is -2.34. The minimum absolute atomic E-state index is 0.0669. The summed E-state index contributed by atoms with van der Waals surface area (Å²) < 4.78 is 10.2. The number of methoxy groups -OCH3 is 1. The van der Waals surface area contributed by atoms with Gasteiger partial charge in [0.05, 0.1) is 18.5 Å². The Kier molecular flexibility index (Phi) is 10.7. The molecule has 0 aromatic heterocycles. The highest BCUT2D eigenvalue weighted by atomic mass is 16.5. The van der Waals surface area contributed by atoms with Gasteiger partial charge in [-0.1, -0.05) is 68.4 Å². The normalized spacial score (nSPS) is 12.1. The quantitative estimate of drug-likeness (QED) is 0.194. The molecule has 0 radical (unpaired) electrons. The molecule has 0 atom stereocenters. The van der Waals surface area contributed by atoms with Crippen LogP contribution in [0.3, 0.4) is 0 Å². The summed E-state index contributed by atoms with van der Waals surface area (Å²) in [6.07, 6.45) is 2.25. The van der Waals surface area contributed by atoms with Crippen molar-refractivity contribution in [2.24, 2.45) is 0 Å². The summed E-state index contributed by atoms with van der Waals surface area (Å²) in [7, 11) is 1.31. The molecule has 3 aromatic carbocycles. The molecule has 0 fully saturated rings. The topological polar surface area (TPSA) is 109 Å². The molecule has 0 bridgehead atoms. The van der Waals surface area contributed by atoms with Gasteiger partial charge in [-0.25, -0.2) is 9.59 Å². The van der Waals surface area contributed by atoms with Gasteiger partial charge in [-0.3, -0.25) is 4.79 Å². The van der Waals surface area contributed by atoms with E-state index in [9.17, 15) is 14.4 Å². The van der Waals surface area contributed by atoms with Crippen LogP contribution in [0.5, 0.6) is 0 Å². The molecule has 1 aliphatic carbocycles. The van der Waals surface area contributed by atoms with E-state index in [1.165, 1.54) is 13.2 Å². The average Bonchev–Trinajstić information content (AvgIpc) is 3.34. The van der Waals surface area contributed by atoms with Crippen molar-refractivity contribution >= 4 is 35.4 Å². The van der Waals surface area contributed by atoms with Crippen molar-refractivity contribution in [2.75, 3.05) is 57.1 Å². The average molecular weight is 571 g/mol. The number of ether oxygens (including phenoxy) is 2. The number of hydrogen-bond acceptors (Lipinski definition) is 7. The first-order valence-corrected chi connectivity index (χ1v) is 14.2. The van der Waals surface area contributed by atoms with Crippen LogP contribution in [-0.4, -0.2) is 69.3 Å². The number of carbonyl (C=O) groups excluding carboxylic acids is 3. The van der Waals surface area contributed by atoms with Gasteiger partial charge in [-0.15, -0.1) is 0 Å². The highest BCUT2D eigenvalue weighted by Gasteiger charge is 2.29. The standard InChI is InChI=1S/C33H38N4O5/c1-4-37(5-2)19-18-34-29-16-14-23(15-17-32(39)41-3)20-30(29)36-31(38)21-35-33(40)42-22-28-26-12-8-6-10-24(26)25-11-7-9-13-27(25)28/h6-17,20,28,34H,4-5,18-19,21-22H2,1-3H3,(H,35,40)(H,36,38). The van der Waals surface area contributed by atoms with Gasteiger partial charge in [-0.05, 0) is 59.1 Å². The molecule has 0 spiro atoms. The number of amides is 2. The van der Waals surface area contributed by atoms with E-state index in [0.717, 1.165) is 47.6 Å². The van der Waals surface area contributed by atoms with Crippen molar-refractivity contribution in [3.8, 4) is 11.1 Å². The van der Waals surface area contributed by atoms with Crippen molar-refractivity contribution < 1.29 is 23.9 Å². The third kappa shape index (κ3) is 7.76. The van der Waals surface area contributed by atoms with E-state index in [2.05, 4.69) is 63.7 Å². The van der Waals surface area contributed by atoms with Gasteiger partial charge in [0.25, 0.3) is 0 Å². The third-order valence-corrected chi connectivity index (χ3v) is 7.31. The fourth-order valence-corrected chi connectivity index (χ4v) is 5.04. The zero-order chi connectivity index (χ0) is 29.9. The second-order valence-corrected chi connectivity index (χ2v) is 9.84. The zero-order valence-corrected chi connectivity index (χ0v) is 24.3. The fraction of sp³-hybridized carbons (Fsp3) is 0.303. The van der Waals surface area contributed by atoms with Crippen LogP contribution in [0, 0.1) is 0 Å². The molecule has 3 aromatic rings. The van der Waals surface area contributed by atoms with Gasteiger partial charge < -0.3 is 30.3 Å². The van der Waals surface area contributed by atoms with Crippen LogP contribution in [0.4, 0.5) is 16.2 Å². The lowest BCUT2D eigenvalue weighted by atomic mass is 9.98. The summed E-state index contributed by atoms with van der Waals surface area (Å²) in [6, 6.07) is 21.7. The summed E-state index contributed by atoms with van der Waals surface area (Å²) >= 11 is 0. The second kappa shape index (κ2) is 14.8. The Balaban J connectivity index is 1.35. The Morgan fingerprint density at radius 2 is 1.57 bits per heavy atom. The maximum Gasteiger partial charge on any atom is 0.407 e. The molecule has 3 N–H and O–H groups in total. The molecule has 220 valence electrons. The van der Waals surface area contributed by atoms with E-state index in [1.54, 1.807) is 12.1 Å². The van der Waals surface area contributed by atoms with Crippen molar-refractivity contribution in [2.45, 2.75) is 19.8 Å². The molecular weight excluding hydrogens is 532 g/mol. The summed E-state index contributed by atoms with van der Waals surface area (Å²) in [5.74, 6) is -0.957. The highest BCUT2D eigenvalue weighted by Crippen LogP contribution is 2.44. The number of nitrogens with one attached hydrogen (secondary N) is 3. The van der Waals surface area contributed by atoms with Gasteiger partial charge in [0.15, 0.2) is 0 Å². The van der Waals surface area contributed by atoms with Crippen LogP contribution >= 0.6 is 0 Å². The van der Waals surface area contributed by atoms with Gasteiger partial charge >= 0.3 is 12.1 Å². The Hall–Kier alpha value is -4.63. The maximum absolute atomic E-state index is 12.8. The molecule has 0 aliphatic heterocycles. The number of anilines is 2. The van der Waals surface area contributed by atoms with Crippen molar-refractivity contribution in [1.29, 1.82) is 0 Å². The predicted octanol–water partition coefficient (Wildman–Crippen LogP) is 5.10. The lowest BCUT2D eigenvalue weighted by Gasteiger charge is -2.20.